The largest absolute Gasteiger partial charge is 0.337 e. The van der Waals surface area contributed by atoms with Gasteiger partial charge in [-0.1, -0.05) is 18.2 Å². The molecule has 1 amide bonds. The summed E-state index contributed by atoms with van der Waals surface area (Å²) >= 11 is 0. The zero-order valence-corrected chi connectivity index (χ0v) is 15.6. The Kier molecular flexibility index (Phi) is 5.73. The number of rotatable bonds is 3. The predicted molar refractivity (Wildman–Crippen MR) is 101 cm³/mol. The average Bonchev–Trinajstić information content (AvgIpc) is 3.16. The predicted octanol–water partition coefficient (Wildman–Crippen LogP) is 3.26. The second-order valence-corrected chi connectivity index (χ2v) is 6.47. The van der Waals surface area contributed by atoms with Crippen molar-refractivity contribution in [2.45, 2.75) is 33.2 Å². The smallest absolute Gasteiger partial charge is 0.255 e. The molecule has 0 radical (unpaired) electrons. The number of hydrogen-bond acceptors (Lipinski definition) is 2. The first-order valence-electron chi connectivity index (χ1n) is 8.23. The van der Waals surface area contributed by atoms with Gasteiger partial charge in [0.1, 0.15) is 0 Å². The molecule has 0 saturated carbocycles. The zero-order valence-electron chi connectivity index (χ0n) is 14.8. The maximum Gasteiger partial charge on any atom is 0.255 e. The molecule has 1 aliphatic rings. The van der Waals surface area contributed by atoms with E-state index in [1.54, 1.807) is 0 Å². The van der Waals surface area contributed by atoms with Gasteiger partial charge in [-0.3, -0.25) is 4.79 Å². The molecule has 0 aliphatic carbocycles. The molecule has 130 valence electrons. The van der Waals surface area contributed by atoms with Crippen molar-refractivity contribution in [2.24, 2.45) is 0 Å². The fraction of sp³-hybridized carbons (Fsp3) is 0.421. The van der Waals surface area contributed by atoms with Gasteiger partial charge in [-0.15, -0.1) is 12.4 Å². The van der Waals surface area contributed by atoms with Crippen molar-refractivity contribution in [3.05, 3.63) is 52.8 Å². The van der Waals surface area contributed by atoms with Gasteiger partial charge in [0.2, 0.25) is 0 Å². The van der Waals surface area contributed by atoms with Gasteiger partial charge in [-0.2, -0.15) is 0 Å². The number of benzene rings is 1. The quantitative estimate of drug-likeness (QED) is 0.925. The Morgan fingerprint density at radius 2 is 1.96 bits per heavy atom. The lowest BCUT2D eigenvalue weighted by molar-refractivity contribution is 0.0743. The van der Waals surface area contributed by atoms with E-state index in [0.29, 0.717) is 6.04 Å². The zero-order chi connectivity index (χ0) is 16.6. The van der Waals surface area contributed by atoms with Gasteiger partial charge in [0, 0.05) is 36.7 Å². The first-order chi connectivity index (χ1) is 11.0. The lowest BCUT2D eigenvalue weighted by atomic mass is 10.1. The summed E-state index contributed by atoms with van der Waals surface area (Å²) in [5.74, 6) is 0.117. The van der Waals surface area contributed by atoms with Crippen LogP contribution in [0.25, 0.3) is 5.69 Å². The first kappa shape index (κ1) is 18.6. The van der Waals surface area contributed by atoms with Gasteiger partial charge in [0.15, 0.2) is 0 Å². The van der Waals surface area contributed by atoms with Crippen LogP contribution in [0.3, 0.4) is 0 Å². The van der Waals surface area contributed by atoms with Crippen LogP contribution >= 0.6 is 12.4 Å². The Balaban J connectivity index is 0.00000208. The normalized spacial score (nSPS) is 16.8. The third kappa shape index (κ3) is 3.21. The SMILES string of the molecule is Cc1ccccc1-n1c(C)cc(C(=O)N(C)C2CCNC2)c1C.Cl. The van der Waals surface area contributed by atoms with Crippen LogP contribution in [-0.4, -0.2) is 41.6 Å². The number of aryl methyl sites for hydroxylation is 2. The molecule has 24 heavy (non-hydrogen) atoms. The van der Waals surface area contributed by atoms with Crippen LogP contribution < -0.4 is 5.32 Å². The second-order valence-electron chi connectivity index (χ2n) is 6.47. The summed E-state index contributed by atoms with van der Waals surface area (Å²) in [5, 5.41) is 3.32. The molecule has 3 rings (SSSR count). The fourth-order valence-electron chi connectivity index (χ4n) is 3.49. The summed E-state index contributed by atoms with van der Waals surface area (Å²) in [6.07, 6.45) is 1.03. The maximum atomic E-state index is 12.9. The van der Waals surface area contributed by atoms with Crippen LogP contribution in [0, 0.1) is 20.8 Å². The maximum absolute atomic E-state index is 12.9. The third-order valence-electron chi connectivity index (χ3n) is 4.92. The molecule has 1 N–H and O–H groups in total. The number of carbonyl (C=O) groups excluding carboxylic acids is 1. The minimum Gasteiger partial charge on any atom is -0.337 e. The Bertz CT molecular complexity index is 732. The molecule has 1 atom stereocenters. The molecule has 4 nitrogen and oxygen atoms in total. The van der Waals surface area contributed by atoms with Crippen LogP contribution in [0.15, 0.2) is 30.3 Å². The summed E-state index contributed by atoms with van der Waals surface area (Å²) in [7, 11) is 1.92. The van der Waals surface area contributed by atoms with Gasteiger partial charge >= 0.3 is 0 Å². The number of hydrogen-bond donors (Lipinski definition) is 1. The molecule has 1 aromatic carbocycles. The molecule has 2 heterocycles. The lowest BCUT2D eigenvalue weighted by Crippen LogP contribution is -2.38. The van der Waals surface area contributed by atoms with Crippen molar-refractivity contribution < 1.29 is 4.79 Å². The van der Waals surface area contributed by atoms with Crippen LogP contribution in [0.5, 0.6) is 0 Å². The molecule has 1 saturated heterocycles. The van der Waals surface area contributed by atoms with E-state index in [4.69, 9.17) is 0 Å². The van der Waals surface area contributed by atoms with Crippen molar-refractivity contribution in [3.8, 4) is 5.69 Å². The minimum absolute atomic E-state index is 0. The highest BCUT2D eigenvalue weighted by molar-refractivity contribution is 5.96. The van der Waals surface area contributed by atoms with E-state index in [1.165, 1.54) is 5.56 Å². The summed E-state index contributed by atoms with van der Waals surface area (Å²) < 4.78 is 2.18. The summed E-state index contributed by atoms with van der Waals surface area (Å²) in [5.41, 5.74) is 5.27. The van der Waals surface area contributed by atoms with E-state index in [2.05, 4.69) is 35.9 Å². The third-order valence-corrected chi connectivity index (χ3v) is 4.92. The number of aromatic nitrogens is 1. The van der Waals surface area contributed by atoms with Gasteiger partial charge in [0.05, 0.1) is 5.56 Å². The molecule has 2 aromatic rings. The van der Waals surface area contributed by atoms with Gasteiger partial charge in [-0.25, -0.2) is 0 Å². The van der Waals surface area contributed by atoms with E-state index >= 15 is 0 Å². The van der Waals surface area contributed by atoms with Crippen LogP contribution in [0.4, 0.5) is 0 Å². The number of nitrogens with zero attached hydrogens (tertiary/aromatic N) is 2. The van der Waals surface area contributed by atoms with E-state index in [0.717, 1.165) is 42.1 Å². The number of amides is 1. The lowest BCUT2D eigenvalue weighted by Gasteiger charge is -2.24. The number of carbonyl (C=O) groups is 1. The summed E-state index contributed by atoms with van der Waals surface area (Å²) in [4.78, 5) is 14.8. The second kappa shape index (κ2) is 7.41. The van der Waals surface area contributed by atoms with Gasteiger partial charge in [-0.05, 0) is 51.4 Å². The van der Waals surface area contributed by atoms with Crippen molar-refractivity contribution in [2.75, 3.05) is 20.1 Å². The van der Waals surface area contributed by atoms with Crippen LogP contribution in [-0.2, 0) is 0 Å². The molecule has 0 bridgehead atoms. The van der Waals surface area contributed by atoms with E-state index < -0.39 is 0 Å². The molecule has 0 spiro atoms. The van der Waals surface area contributed by atoms with Crippen LogP contribution in [0.1, 0.15) is 33.7 Å². The van der Waals surface area contributed by atoms with Crippen molar-refractivity contribution in [1.29, 1.82) is 0 Å². The topological polar surface area (TPSA) is 37.3 Å². The van der Waals surface area contributed by atoms with Crippen LogP contribution in [0.2, 0.25) is 0 Å². The number of halogens is 1. The fourth-order valence-corrected chi connectivity index (χ4v) is 3.49. The Morgan fingerprint density at radius 3 is 2.58 bits per heavy atom. The summed E-state index contributed by atoms with van der Waals surface area (Å²) in [6.45, 7) is 8.08. The van der Waals surface area contributed by atoms with E-state index in [9.17, 15) is 4.79 Å². The van der Waals surface area contributed by atoms with Crippen molar-refractivity contribution in [1.82, 2.24) is 14.8 Å². The van der Waals surface area contributed by atoms with Crippen molar-refractivity contribution >= 4 is 18.3 Å². The van der Waals surface area contributed by atoms with Gasteiger partial charge < -0.3 is 14.8 Å². The molecule has 5 heteroatoms. The Morgan fingerprint density at radius 1 is 1.25 bits per heavy atom. The number of nitrogens with one attached hydrogen (secondary N) is 1. The Hall–Kier alpha value is -1.78. The molecule has 1 unspecified atom stereocenters. The molecular weight excluding hydrogens is 322 g/mol. The highest BCUT2D eigenvalue weighted by atomic mass is 35.5. The number of likely N-dealkylation sites (N-methyl/N-ethyl adjacent to an activating group) is 1. The van der Waals surface area contributed by atoms with Crippen molar-refractivity contribution in [3.63, 3.8) is 0 Å². The summed E-state index contributed by atoms with van der Waals surface area (Å²) in [6, 6.07) is 10.6. The van der Waals surface area contributed by atoms with E-state index in [-0.39, 0.29) is 18.3 Å². The first-order valence-corrected chi connectivity index (χ1v) is 8.23. The molecule has 1 fully saturated rings. The minimum atomic E-state index is 0. The molecular formula is C19H26ClN3O. The average molecular weight is 348 g/mol. The number of para-hydroxylation sites is 1. The molecule has 1 aliphatic heterocycles. The Labute approximate surface area is 150 Å². The monoisotopic (exact) mass is 347 g/mol. The highest BCUT2D eigenvalue weighted by Gasteiger charge is 2.26. The molecule has 1 aromatic heterocycles. The highest BCUT2D eigenvalue weighted by Crippen LogP contribution is 2.24. The standard InChI is InChI=1S/C19H25N3O.ClH/c1-13-7-5-6-8-18(13)22-14(2)11-17(15(22)3)19(23)21(4)16-9-10-20-12-16;/h5-8,11,16,20H,9-10,12H2,1-4H3;1H. The van der Waals surface area contributed by atoms with Gasteiger partial charge in [0.25, 0.3) is 5.91 Å². The van der Waals surface area contributed by atoms with E-state index in [1.807, 2.05) is 37.1 Å².